The highest BCUT2D eigenvalue weighted by atomic mass is 14.0. The highest BCUT2D eigenvalue weighted by molar-refractivity contribution is 5.35. The Morgan fingerprint density at radius 3 is 2.20 bits per heavy atom. The van der Waals surface area contributed by atoms with Crippen LogP contribution in [0.5, 0.6) is 0 Å². The summed E-state index contributed by atoms with van der Waals surface area (Å²) >= 11 is 0. The lowest BCUT2D eigenvalue weighted by atomic mass is 10.00. The molecule has 0 nitrogen and oxygen atoms in total. The van der Waals surface area contributed by atoms with Crippen LogP contribution < -0.4 is 0 Å². The molecule has 0 aliphatic heterocycles. The van der Waals surface area contributed by atoms with Crippen LogP contribution in [0.25, 0.3) is 0 Å². The molecular formula is C15H18. The molecule has 1 aromatic carbocycles. The van der Waals surface area contributed by atoms with Crippen molar-refractivity contribution in [3.63, 3.8) is 0 Å². The molecule has 15 heavy (non-hydrogen) atoms. The minimum atomic E-state index is 0.932. The van der Waals surface area contributed by atoms with Gasteiger partial charge in [-0.15, -0.1) is 0 Å². The highest BCUT2D eigenvalue weighted by Gasteiger charge is 1.98. The Morgan fingerprint density at radius 2 is 1.73 bits per heavy atom. The van der Waals surface area contributed by atoms with E-state index in [0.717, 1.165) is 6.42 Å². The normalized spacial score (nSPS) is 11.9. The summed E-state index contributed by atoms with van der Waals surface area (Å²) in [4.78, 5) is 0. The first-order valence-corrected chi connectivity index (χ1v) is 5.17. The van der Waals surface area contributed by atoms with Crippen molar-refractivity contribution in [1.82, 2.24) is 0 Å². The predicted octanol–water partition coefficient (Wildman–Crippen LogP) is 4.23. The molecule has 0 aliphatic carbocycles. The molecule has 0 fully saturated rings. The van der Waals surface area contributed by atoms with Crippen LogP contribution in [-0.4, -0.2) is 0 Å². The monoisotopic (exact) mass is 198 g/mol. The molecule has 1 rings (SSSR count). The van der Waals surface area contributed by atoms with Gasteiger partial charge >= 0.3 is 0 Å². The fourth-order valence-corrected chi connectivity index (χ4v) is 1.43. The zero-order valence-corrected chi connectivity index (χ0v) is 9.59. The van der Waals surface area contributed by atoms with E-state index in [2.05, 4.69) is 51.3 Å². The second kappa shape index (κ2) is 5.35. The summed E-state index contributed by atoms with van der Waals surface area (Å²) in [6, 6.07) is 8.60. The standard InChI is InChI=1S/C15H18/c1-5-13(4)15(6-2)11-14-9-7-12(3)8-10-14/h5-10H,1-2,11H2,3-4H3/b15-13+. The topological polar surface area (TPSA) is 0 Å². The summed E-state index contributed by atoms with van der Waals surface area (Å²) in [5.74, 6) is 0. The van der Waals surface area contributed by atoms with E-state index < -0.39 is 0 Å². The van der Waals surface area contributed by atoms with Gasteiger partial charge in [0.2, 0.25) is 0 Å². The Morgan fingerprint density at radius 1 is 1.13 bits per heavy atom. The molecule has 0 atom stereocenters. The van der Waals surface area contributed by atoms with Crippen LogP contribution in [0.3, 0.4) is 0 Å². The Balaban J connectivity index is 2.89. The van der Waals surface area contributed by atoms with Crippen LogP contribution in [0.15, 0.2) is 60.7 Å². The van der Waals surface area contributed by atoms with Crippen molar-refractivity contribution < 1.29 is 0 Å². The molecule has 0 heterocycles. The number of hydrogen-bond donors (Lipinski definition) is 0. The third kappa shape index (κ3) is 3.25. The molecule has 0 heteroatoms. The molecule has 0 aliphatic rings. The lowest BCUT2D eigenvalue weighted by molar-refractivity contribution is 1.16. The van der Waals surface area contributed by atoms with E-state index in [4.69, 9.17) is 0 Å². The van der Waals surface area contributed by atoms with Crippen molar-refractivity contribution in [2.45, 2.75) is 20.3 Å². The third-order valence-corrected chi connectivity index (χ3v) is 2.57. The highest BCUT2D eigenvalue weighted by Crippen LogP contribution is 2.14. The minimum absolute atomic E-state index is 0.932. The molecule has 0 spiro atoms. The van der Waals surface area contributed by atoms with E-state index in [9.17, 15) is 0 Å². The van der Waals surface area contributed by atoms with E-state index in [-0.39, 0.29) is 0 Å². The summed E-state index contributed by atoms with van der Waals surface area (Å²) < 4.78 is 0. The van der Waals surface area contributed by atoms with Crippen molar-refractivity contribution in [3.8, 4) is 0 Å². The minimum Gasteiger partial charge on any atom is -0.0988 e. The zero-order chi connectivity index (χ0) is 11.3. The van der Waals surface area contributed by atoms with Gasteiger partial charge in [-0.1, -0.05) is 55.1 Å². The first-order valence-electron chi connectivity index (χ1n) is 5.17. The molecule has 0 N–H and O–H groups in total. The Labute approximate surface area is 92.6 Å². The number of benzene rings is 1. The summed E-state index contributed by atoms with van der Waals surface area (Å²) in [6.07, 6.45) is 4.73. The van der Waals surface area contributed by atoms with Crippen molar-refractivity contribution in [1.29, 1.82) is 0 Å². The van der Waals surface area contributed by atoms with Gasteiger partial charge in [-0.25, -0.2) is 0 Å². The molecule has 0 aromatic heterocycles. The van der Waals surface area contributed by atoms with Gasteiger partial charge in [-0.3, -0.25) is 0 Å². The maximum atomic E-state index is 3.84. The van der Waals surface area contributed by atoms with Gasteiger partial charge in [0.25, 0.3) is 0 Å². The van der Waals surface area contributed by atoms with Gasteiger partial charge < -0.3 is 0 Å². The van der Waals surface area contributed by atoms with E-state index in [1.54, 1.807) is 0 Å². The second-order valence-corrected chi connectivity index (χ2v) is 3.78. The first kappa shape index (κ1) is 11.5. The molecule has 0 amide bonds. The molecule has 1 aromatic rings. The smallest absolute Gasteiger partial charge is 0.00234 e. The fraction of sp³-hybridized carbons (Fsp3) is 0.200. The SMILES string of the molecule is C=C/C(C)=C(\C=C)Cc1ccc(C)cc1. The fourth-order valence-electron chi connectivity index (χ4n) is 1.43. The van der Waals surface area contributed by atoms with E-state index in [1.165, 1.54) is 22.3 Å². The largest absolute Gasteiger partial charge is 0.0988 e. The summed E-state index contributed by atoms with van der Waals surface area (Å²) in [5, 5.41) is 0. The Bertz CT molecular complexity index is 377. The summed E-state index contributed by atoms with van der Waals surface area (Å²) in [5.41, 5.74) is 5.06. The van der Waals surface area contributed by atoms with Crippen molar-refractivity contribution >= 4 is 0 Å². The lowest BCUT2D eigenvalue weighted by Crippen LogP contribution is -1.90. The van der Waals surface area contributed by atoms with Crippen LogP contribution in [0.1, 0.15) is 18.1 Å². The van der Waals surface area contributed by atoms with Gasteiger partial charge in [-0.2, -0.15) is 0 Å². The van der Waals surface area contributed by atoms with E-state index in [1.807, 2.05) is 12.2 Å². The maximum absolute atomic E-state index is 3.84. The molecule has 0 unspecified atom stereocenters. The zero-order valence-electron chi connectivity index (χ0n) is 9.59. The molecule has 0 saturated carbocycles. The van der Waals surface area contributed by atoms with E-state index in [0.29, 0.717) is 0 Å². The number of aryl methyl sites for hydroxylation is 1. The van der Waals surface area contributed by atoms with Crippen molar-refractivity contribution in [2.75, 3.05) is 0 Å². The molecule has 0 saturated heterocycles. The van der Waals surface area contributed by atoms with Crippen LogP contribution in [0, 0.1) is 6.92 Å². The maximum Gasteiger partial charge on any atom is -0.00234 e. The number of allylic oxidation sites excluding steroid dienone is 4. The van der Waals surface area contributed by atoms with Gasteiger partial charge in [0.15, 0.2) is 0 Å². The first-order chi connectivity index (χ1) is 7.17. The second-order valence-electron chi connectivity index (χ2n) is 3.78. The molecule has 0 bridgehead atoms. The molecule has 78 valence electrons. The van der Waals surface area contributed by atoms with Crippen LogP contribution in [0.2, 0.25) is 0 Å². The van der Waals surface area contributed by atoms with Crippen LogP contribution >= 0.6 is 0 Å². The number of hydrogen-bond acceptors (Lipinski definition) is 0. The van der Waals surface area contributed by atoms with Gasteiger partial charge in [0.1, 0.15) is 0 Å². The predicted molar refractivity (Wildman–Crippen MR) is 68.0 cm³/mol. The Kier molecular flexibility index (Phi) is 4.11. The van der Waals surface area contributed by atoms with Crippen molar-refractivity contribution in [3.05, 3.63) is 71.8 Å². The lowest BCUT2D eigenvalue weighted by Gasteiger charge is -2.05. The van der Waals surface area contributed by atoms with Gasteiger partial charge in [-0.05, 0) is 37.0 Å². The third-order valence-electron chi connectivity index (χ3n) is 2.57. The van der Waals surface area contributed by atoms with Crippen molar-refractivity contribution in [2.24, 2.45) is 0 Å². The summed E-state index contributed by atoms with van der Waals surface area (Å²) in [6.45, 7) is 11.8. The Hall–Kier alpha value is -1.56. The number of rotatable bonds is 4. The van der Waals surface area contributed by atoms with Gasteiger partial charge in [0, 0.05) is 0 Å². The van der Waals surface area contributed by atoms with Crippen LogP contribution in [0.4, 0.5) is 0 Å². The molecule has 0 radical (unpaired) electrons. The van der Waals surface area contributed by atoms with E-state index >= 15 is 0 Å². The molecular weight excluding hydrogens is 180 g/mol. The van der Waals surface area contributed by atoms with Crippen LogP contribution in [-0.2, 0) is 6.42 Å². The van der Waals surface area contributed by atoms with Gasteiger partial charge in [0.05, 0.1) is 0 Å². The quantitative estimate of drug-likeness (QED) is 0.635. The summed E-state index contributed by atoms with van der Waals surface area (Å²) in [7, 11) is 0. The average Bonchev–Trinajstić information content (AvgIpc) is 2.27. The average molecular weight is 198 g/mol.